The molecule has 1 aliphatic carbocycles. The number of hydrogen-bond acceptors (Lipinski definition) is 4. The Kier molecular flexibility index (Phi) is 4.10. The molecule has 0 saturated heterocycles. The largest absolute Gasteiger partial charge is 0.493 e. The van der Waals surface area contributed by atoms with Gasteiger partial charge in [-0.15, -0.1) is 0 Å². The van der Waals surface area contributed by atoms with E-state index in [0.717, 1.165) is 17.7 Å². The van der Waals surface area contributed by atoms with Crippen LogP contribution in [0.4, 0.5) is 0 Å². The maximum Gasteiger partial charge on any atom is 0.306 e. The summed E-state index contributed by atoms with van der Waals surface area (Å²) in [5, 5.41) is 8.97. The van der Waals surface area contributed by atoms with Crippen LogP contribution in [-0.4, -0.2) is 32.1 Å². The molecule has 1 heterocycles. The van der Waals surface area contributed by atoms with Crippen LogP contribution in [0.3, 0.4) is 0 Å². The van der Waals surface area contributed by atoms with Crippen molar-refractivity contribution in [2.75, 3.05) is 6.61 Å². The molecule has 0 aromatic heterocycles. The van der Waals surface area contributed by atoms with Crippen molar-refractivity contribution in [3.05, 3.63) is 23.8 Å². The molecule has 0 spiro atoms. The molecule has 6 nitrogen and oxygen atoms in total. The standard InChI is InChI=1S/C15H19NO5S/c17-15(18)10-1-3-12(4-2-10)16-22(19,20)13-5-6-14-11(9-13)7-8-21-14/h5-6,9-10,12,16H,1-4,7-8H2,(H,17,18). The molecular formula is C15H19NO5S. The Morgan fingerprint density at radius 1 is 1.23 bits per heavy atom. The van der Waals surface area contributed by atoms with Crippen LogP contribution >= 0.6 is 0 Å². The van der Waals surface area contributed by atoms with Crippen LogP contribution in [-0.2, 0) is 21.2 Å². The van der Waals surface area contributed by atoms with Crippen molar-refractivity contribution >= 4 is 16.0 Å². The number of carboxylic acids is 1. The van der Waals surface area contributed by atoms with Gasteiger partial charge in [0.05, 0.1) is 17.4 Å². The van der Waals surface area contributed by atoms with Crippen molar-refractivity contribution in [2.24, 2.45) is 5.92 Å². The zero-order valence-electron chi connectivity index (χ0n) is 12.1. The van der Waals surface area contributed by atoms with Crippen LogP contribution in [0.5, 0.6) is 5.75 Å². The Morgan fingerprint density at radius 2 is 1.95 bits per heavy atom. The van der Waals surface area contributed by atoms with E-state index in [2.05, 4.69) is 4.72 Å². The van der Waals surface area contributed by atoms with E-state index in [-0.39, 0.29) is 16.9 Å². The number of sulfonamides is 1. The average Bonchev–Trinajstić information content (AvgIpc) is 2.94. The summed E-state index contributed by atoms with van der Waals surface area (Å²) in [6, 6.07) is 4.71. The molecule has 1 aliphatic heterocycles. The lowest BCUT2D eigenvalue weighted by Gasteiger charge is -2.26. The van der Waals surface area contributed by atoms with Gasteiger partial charge in [0.2, 0.25) is 10.0 Å². The molecular weight excluding hydrogens is 306 g/mol. The summed E-state index contributed by atoms with van der Waals surface area (Å²) in [6.45, 7) is 0.589. The molecule has 1 fully saturated rings. The van der Waals surface area contributed by atoms with E-state index in [0.29, 0.717) is 32.3 Å². The molecule has 1 aromatic carbocycles. The van der Waals surface area contributed by atoms with E-state index in [1.165, 1.54) is 0 Å². The number of fused-ring (bicyclic) bond motifs is 1. The minimum atomic E-state index is -3.57. The number of aliphatic carboxylic acids is 1. The molecule has 120 valence electrons. The summed E-state index contributed by atoms with van der Waals surface area (Å²) in [5.74, 6) is -0.390. The predicted octanol–water partition coefficient (Wildman–Crippen LogP) is 1.54. The highest BCUT2D eigenvalue weighted by atomic mass is 32.2. The van der Waals surface area contributed by atoms with Gasteiger partial charge in [0.15, 0.2) is 0 Å². The van der Waals surface area contributed by atoms with Crippen molar-refractivity contribution in [2.45, 2.75) is 43.0 Å². The molecule has 0 unspecified atom stereocenters. The fourth-order valence-corrected chi connectivity index (χ4v) is 4.43. The van der Waals surface area contributed by atoms with Gasteiger partial charge in [-0.3, -0.25) is 4.79 Å². The molecule has 22 heavy (non-hydrogen) atoms. The molecule has 0 amide bonds. The number of carboxylic acid groups (broad SMARTS) is 1. The van der Waals surface area contributed by atoms with Gasteiger partial charge >= 0.3 is 5.97 Å². The van der Waals surface area contributed by atoms with Crippen LogP contribution in [0, 0.1) is 5.92 Å². The average molecular weight is 325 g/mol. The van der Waals surface area contributed by atoms with E-state index >= 15 is 0 Å². The van der Waals surface area contributed by atoms with E-state index in [9.17, 15) is 13.2 Å². The van der Waals surface area contributed by atoms with Gasteiger partial charge in [-0.05, 0) is 49.4 Å². The second kappa shape index (κ2) is 5.89. The maximum atomic E-state index is 12.4. The molecule has 1 saturated carbocycles. The van der Waals surface area contributed by atoms with Crippen LogP contribution in [0.15, 0.2) is 23.1 Å². The molecule has 0 radical (unpaired) electrons. The monoisotopic (exact) mass is 325 g/mol. The van der Waals surface area contributed by atoms with Crippen molar-refractivity contribution in [1.29, 1.82) is 0 Å². The first kappa shape index (κ1) is 15.3. The summed E-state index contributed by atoms with van der Waals surface area (Å²) in [6.07, 6.45) is 2.87. The van der Waals surface area contributed by atoms with Gasteiger partial charge in [-0.1, -0.05) is 0 Å². The van der Waals surface area contributed by atoms with Crippen LogP contribution < -0.4 is 9.46 Å². The highest BCUT2D eigenvalue weighted by Crippen LogP contribution is 2.29. The highest BCUT2D eigenvalue weighted by molar-refractivity contribution is 7.89. The van der Waals surface area contributed by atoms with Gasteiger partial charge in [-0.25, -0.2) is 13.1 Å². The Balaban J connectivity index is 1.68. The van der Waals surface area contributed by atoms with Crippen molar-refractivity contribution < 1.29 is 23.1 Å². The van der Waals surface area contributed by atoms with Gasteiger partial charge < -0.3 is 9.84 Å². The molecule has 0 bridgehead atoms. The fourth-order valence-electron chi connectivity index (χ4n) is 3.08. The normalized spacial score (nSPS) is 24.5. The Hall–Kier alpha value is -1.60. The third kappa shape index (κ3) is 3.10. The minimum absolute atomic E-state index is 0.190. The second-order valence-electron chi connectivity index (χ2n) is 5.88. The highest BCUT2D eigenvalue weighted by Gasteiger charge is 2.29. The molecule has 0 atom stereocenters. The lowest BCUT2D eigenvalue weighted by molar-refractivity contribution is -0.142. The van der Waals surface area contributed by atoms with Crippen LogP contribution in [0.2, 0.25) is 0 Å². The number of nitrogens with one attached hydrogen (secondary N) is 1. The molecule has 2 aliphatic rings. The second-order valence-corrected chi connectivity index (χ2v) is 7.59. The fraction of sp³-hybridized carbons (Fsp3) is 0.533. The molecule has 3 rings (SSSR count). The SMILES string of the molecule is O=C(O)C1CCC(NS(=O)(=O)c2ccc3c(c2)CCO3)CC1. The quantitative estimate of drug-likeness (QED) is 0.876. The third-order valence-electron chi connectivity index (χ3n) is 4.37. The first-order valence-corrected chi connectivity index (χ1v) is 8.95. The lowest BCUT2D eigenvalue weighted by Crippen LogP contribution is -2.38. The van der Waals surface area contributed by atoms with Gasteiger partial charge in [-0.2, -0.15) is 0 Å². The summed E-state index contributed by atoms with van der Waals surface area (Å²) >= 11 is 0. The Morgan fingerprint density at radius 3 is 2.64 bits per heavy atom. The zero-order chi connectivity index (χ0) is 15.7. The number of rotatable bonds is 4. The van der Waals surface area contributed by atoms with Crippen LogP contribution in [0.25, 0.3) is 0 Å². The minimum Gasteiger partial charge on any atom is -0.493 e. The van der Waals surface area contributed by atoms with Gasteiger partial charge in [0.25, 0.3) is 0 Å². The Bertz CT molecular complexity index is 677. The van der Waals surface area contributed by atoms with Crippen LogP contribution in [0.1, 0.15) is 31.2 Å². The molecule has 1 aromatic rings. The number of hydrogen-bond donors (Lipinski definition) is 2. The first-order valence-electron chi connectivity index (χ1n) is 7.46. The molecule has 2 N–H and O–H groups in total. The Labute approximate surface area is 129 Å². The van der Waals surface area contributed by atoms with Gasteiger partial charge in [0.1, 0.15) is 5.75 Å². The third-order valence-corrected chi connectivity index (χ3v) is 5.89. The topological polar surface area (TPSA) is 92.7 Å². The van der Waals surface area contributed by atoms with E-state index in [1.807, 2.05) is 0 Å². The molecule has 7 heteroatoms. The summed E-state index contributed by atoms with van der Waals surface area (Å²) < 4.78 is 33.0. The smallest absolute Gasteiger partial charge is 0.306 e. The van der Waals surface area contributed by atoms with Crippen molar-refractivity contribution in [1.82, 2.24) is 4.72 Å². The van der Waals surface area contributed by atoms with Crippen molar-refractivity contribution in [3.63, 3.8) is 0 Å². The summed E-state index contributed by atoms with van der Waals surface area (Å²) in [7, 11) is -3.57. The zero-order valence-corrected chi connectivity index (χ0v) is 12.9. The van der Waals surface area contributed by atoms with E-state index in [1.54, 1.807) is 18.2 Å². The maximum absolute atomic E-state index is 12.4. The van der Waals surface area contributed by atoms with Gasteiger partial charge in [0, 0.05) is 12.5 Å². The van der Waals surface area contributed by atoms with E-state index < -0.39 is 16.0 Å². The van der Waals surface area contributed by atoms with E-state index in [4.69, 9.17) is 9.84 Å². The predicted molar refractivity (Wildman–Crippen MR) is 79.3 cm³/mol. The summed E-state index contributed by atoms with van der Waals surface area (Å²) in [5.41, 5.74) is 0.914. The number of benzene rings is 1. The lowest BCUT2D eigenvalue weighted by atomic mass is 9.87. The van der Waals surface area contributed by atoms with Crippen molar-refractivity contribution in [3.8, 4) is 5.75 Å². The first-order chi connectivity index (χ1) is 10.5. The number of carbonyl (C=O) groups is 1. The summed E-state index contributed by atoms with van der Waals surface area (Å²) in [4.78, 5) is 11.2. The number of ether oxygens (including phenoxy) is 1.